The van der Waals surface area contributed by atoms with Crippen LogP contribution in [0.15, 0.2) is 18.2 Å². The monoisotopic (exact) mass is 304 g/mol. The maximum absolute atomic E-state index is 5.92. The molecule has 1 aromatic rings. The van der Waals surface area contributed by atoms with Gasteiger partial charge in [-0.05, 0) is 43.3 Å². The maximum Gasteiger partial charge on any atom is 0.170 e. The Kier molecular flexibility index (Phi) is 5.06. The molecule has 0 saturated carbocycles. The summed E-state index contributed by atoms with van der Waals surface area (Å²) in [6.07, 6.45) is 2.47. The van der Waals surface area contributed by atoms with E-state index in [-0.39, 0.29) is 6.10 Å². The Hall–Kier alpha value is -0.550. The molecule has 1 aliphatic rings. The summed E-state index contributed by atoms with van der Waals surface area (Å²) in [6.45, 7) is 1.58. The zero-order chi connectivity index (χ0) is 13.0. The highest BCUT2D eigenvalue weighted by molar-refractivity contribution is 7.80. The molecule has 1 atom stereocenters. The molecule has 2 N–H and O–H groups in total. The summed E-state index contributed by atoms with van der Waals surface area (Å²) in [7, 11) is 0. The lowest BCUT2D eigenvalue weighted by Crippen LogP contribution is -2.34. The number of anilines is 1. The third-order valence-corrected chi connectivity index (χ3v) is 3.68. The normalized spacial score (nSPS) is 18.7. The van der Waals surface area contributed by atoms with Gasteiger partial charge in [-0.2, -0.15) is 0 Å². The van der Waals surface area contributed by atoms with Gasteiger partial charge in [0.2, 0.25) is 0 Å². The molecule has 0 spiro atoms. The summed E-state index contributed by atoms with van der Waals surface area (Å²) in [5, 5.41) is 7.77. The summed E-state index contributed by atoms with van der Waals surface area (Å²) in [5.74, 6) is 0. The van der Waals surface area contributed by atoms with E-state index in [2.05, 4.69) is 10.6 Å². The van der Waals surface area contributed by atoms with E-state index in [0.29, 0.717) is 15.2 Å². The van der Waals surface area contributed by atoms with Crippen LogP contribution in [-0.4, -0.2) is 24.4 Å². The molecular formula is C12H14Cl2N2OS. The van der Waals surface area contributed by atoms with Crippen LogP contribution in [0, 0.1) is 0 Å². The molecule has 1 aromatic carbocycles. The molecule has 1 saturated heterocycles. The Morgan fingerprint density at radius 1 is 1.39 bits per heavy atom. The average molecular weight is 305 g/mol. The highest BCUT2D eigenvalue weighted by atomic mass is 35.5. The zero-order valence-electron chi connectivity index (χ0n) is 9.71. The molecule has 3 nitrogen and oxygen atoms in total. The van der Waals surface area contributed by atoms with E-state index >= 15 is 0 Å². The van der Waals surface area contributed by atoms with Gasteiger partial charge < -0.3 is 15.4 Å². The van der Waals surface area contributed by atoms with Crippen LogP contribution in [0.2, 0.25) is 10.0 Å². The molecule has 1 aliphatic heterocycles. The van der Waals surface area contributed by atoms with Crippen LogP contribution in [0.3, 0.4) is 0 Å². The fraction of sp³-hybridized carbons (Fsp3) is 0.417. The first-order valence-electron chi connectivity index (χ1n) is 5.76. The van der Waals surface area contributed by atoms with Crippen molar-refractivity contribution in [2.75, 3.05) is 18.5 Å². The number of halogens is 2. The molecule has 98 valence electrons. The van der Waals surface area contributed by atoms with E-state index in [4.69, 9.17) is 40.2 Å². The number of hydrogen-bond acceptors (Lipinski definition) is 2. The number of benzene rings is 1. The first kappa shape index (κ1) is 13.9. The highest BCUT2D eigenvalue weighted by Gasteiger charge is 2.15. The minimum absolute atomic E-state index is 0.263. The van der Waals surface area contributed by atoms with Crippen LogP contribution >= 0.6 is 35.4 Å². The van der Waals surface area contributed by atoms with Crippen molar-refractivity contribution in [3.05, 3.63) is 28.2 Å². The van der Waals surface area contributed by atoms with Crippen molar-refractivity contribution in [2.24, 2.45) is 0 Å². The van der Waals surface area contributed by atoms with Gasteiger partial charge in [0, 0.05) is 18.8 Å². The van der Waals surface area contributed by atoms with Gasteiger partial charge in [0.05, 0.1) is 16.1 Å². The van der Waals surface area contributed by atoms with Gasteiger partial charge in [-0.3, -0.25) is 0 Å². The van der Waals surface area contributed by atoms with Crippen molar-refractivity contribution < 1.29 is 4.74 Å². The molecule has 0 aliphatic carbocycles. The third kappa shape index (κ3) is 3.99. The highest BCUT2D eigenvalue weighted by Crippen LogP contribution is 2.24. The van der Waals surface area contributed by atoms with E-state index in [9.17, 15) is 0 Å². The molecular weight excluding hydrogens is 291 g/mol. The largest absolute Gasteiger partial charge is 0.376 e. The Morgan fingerprint density at radius 3 is 2.89 bits per heavy atom. The minimum atomic E-state index is 0.263. The lowest BCUT2D eigenvalue weighted by molar-refractivity contribution is 0.114. The summed E-state index contributed by atoms with van der Waals surface area (Å²) in [4.78, 5) is 0. The fourth-order valence-corrected chi connectivity index (χ4v) is 2.26. The fourth-order valence-electron chi connectivity index (χ4n) is 1.76. The molecule has 18 heavy (non-hydrogen) atoms. The van der Waals surface area contributed by atoms with Crippen molar-refractivity contribution in [3.8, 4) is 0 Å². The van der Waals surface area contributed by atoms with Crippen LogP contribution in [0.1, 0.15) is 12.8 Å². The Labute approximate surface area is 122 Å². The van der Waals surface area contributed by atoms with E-state index in [0.717, 1.165) is 31.7 Å². The molecule has 6 heteroatoms. The van der Waals surface area contributed by atoms with E-state index in [1.54, 1.807) is 12.1 Å². The molecule has 1 heterocycles. The van der Waals surface area contributed by atoms with Crippen LogP contribution in [0.5, 0.6) is 0 Å². The lowest BCUT2D eigenvalue weighted by atomic mass is 10.2. The number of hydrogen-bond donors (Lipinski definition) is 2. The van der Waals surface area contributed by atoms with Gasteiger partial charge in [-0.15, -0.1) is 0 Å². The SMILES string of the molecule is S=C(NC[C@H]1CCCO1)Nc1ccc(Cl)c(Cl)c1. The van der Waals surface area contributed by atoms with Gasteiger partial charge in [0.1, 0.15) is 0 Å². The summed E-state index contributed by atoms with van der Waals surface area (Å²) < 4.78 is 5.50. The van der Waals surface area contributed by atoms with Gasteiger partial charge in [0.25, 0.3) is 0 Å². The molecule has 0 unspecified atom stereocenters. The Morgan fingerprint density at radius 2 is 2.22 bits per heavy atom. The molecule has 0 radical (unpaired) electrons. The average Bonchev–Trinajstić information content (AvgIpc) is 2.84. The predicted molar refractivity (Wildman–Crippen MR) is 79.7 cm³/mol. The Bertz CT molecular complexity index is 436. The summed E-state index contributed by atoms with van der Waals surface area (Å²) in [6, 6.07) is 5.30. The standard InChI is InChI=1S/C12H14Cl2N2OS/c13-10-4-3-8(6-11(10)14)16-12(18)15-7-9-2-1-5-17-9/h3-4,6,9H,1-2,5,7H2,(H2,15,16,18)/t9-/m1/s1. The Balaban J connectivity index is 1.80. The smallest absolute Gasteiger partial charge is 0.170 e. The quantitative estimate of drug-likeness (QED) is 0.838. The van der Waals surface area contributed by atoms with Crippen LogP contribution < -0.4 is 10.6 Å². The summed E-state index contributed by atoms with van der Waals surface area (Å²) in [5.41, 5.74) is 0.814. The number of thiocarbonyl (C=S) groups is 1. The molecule has 0 amide bonds. The summed E-state index contributed by atoms with van der Waals surface area (Å²) >= 11 is 17.0. The zero-order valence-corrected chi connectivity index (χ0v) is 12.0. The van der Waals surface area contributed by atoms with E-state index in [1.165, 1.54) is 0 Å². The minimum Gasteiger partial charge on any atom is -0.376 e. The molecule has 2 rings (SSSR count). The number of ether oxygens (including phenoxy) is 1. The first-order valence-corrected chi connectivity index (χ1v) is 6.93. The van der Waals surface area contributed by atoms with Crippen LogP contribution in [0.4, 0.5) is 5.69 Å². The van der Waals surface area contributed by atoms with Crippen molar-refractivity contribution >= 4 is 46.2 Å². The molecule has 1 fully saturated rings. The molecule has 0 aromatic heterocycles. The van der Waals surface area contributed by atoms with Gasteiger partial charge >= 0.3 is 0 Å². The number of rotatable bonds is 3. The van der Waals surface area contributed by atoms with Crippen molar-refractivity contribution in [1.82, 2.24) is 5.32 Å². The second-order valence-corrected chi connectivity index (χ2v) is 5.32. The second kappa shape index (κ2) is 6.57. The predicted octanol–water partition coefficient (Wildman–Crippen LogP) is 3.46. The van der Waals surface area contributed by atoms with Gasteiger partial charge in [-0.25, -0.2) is 0 Å². The van der Waals surface area contributed by atoms with Crippen molar-refractivity contribution in [1.29, 1.82) is 0 Å². The van der Waals surface area contributed by atoms with Crippen LogP contribution in [0.25, 0.3) is 0 Å². The van der Waals surface area contributed by atoms with Crippen molar-refractivity contribution in [3.63, 3.8) is 0 Å². The first-order chi connectivity index (χ1) is 8.65. The topological polar surface area (TPSA) is 33.3 Å². The van der Waals surface area contributed by atoms with E-state index < -0.39 is 0 Å². The third-order valence-electron chi connectivity index (χ3n) is 2.69. The van der Waals surface area contributed by atoms with Crippen LogP contribution in [-0.2, 0) is 4.74 Å². The van der Waals surface area contributed by atoms with Crippen molar-refractivity contribution in [2.45, 2.75) is 18.9 Å². The number of nitrogens with one attached hydrogen (secondary N) is 2. The second-order valence-electron chi connectivity index (χ2n) is 4.10. The van der Waals surface area contributed by atoms with E-state index in [1.807, 2.05) is 6.07 Å². The maximum atomic E-state index is 5.92. The molecule has 0 bridgehead atoms. The van der Waals surface area contributed by atoms with Gasteiger partial charge in [-0.1, -0.05) is 23.2 Å². The lowest BCUT2D eigenvalue weighted by Gasteiger charge is -2.14. The van der Waals surface area contributed by atoms with Gasteiger partial charge in [0.15, 0.2) is 5.11 Å².